The maximum absolute atomic E-state index is 12.7. The molecule has 1 heterocycles. The first-order valence-electron chi connectivity index (χ1n) is 11.0. The number of nitrogens with zero attached hydrogens (tertiary/aromatic N) is 1. The third-order valence-electron chi connectivity index (χ3n) is 5.09. The number of pyridine rings is 1. The topological polar surface area (TPSA) is 89.5 Å². The van der Waals surface area contributed by atoms with Gasteiger partial charge in [0.1, 0.15) is 5.56 Å². The molecule has 1 aromatic heterocycles. The minimum atomic E-state index is -0.497. The Bertz CT molecular complexity index is 1300. The van der Waals surface area contributed by atoms with E-state index in [1.807, 2.05) is 54.6 Å². The molecule has 0 spiro atoms. The van der Waals surface area contributed by atoms with E-state index in [4.69, 9.17) is 9.47 Å². The van der Waals surface area contributed by atoms with Gasteiger partial charge in [-0.05, 0) is 68.4 Å². The van der Waals surface area contributed by atoms with Crippen LogP contribution in [-0.4, -0.2) is 30.1 Å². The van der Waals surface area contributed by atoms with Crippen molar-refractivity contribution in [2.45, 2.75) is 13.8 Å². The van der Waals surface area contributed by atoms with Crippen LogP contribution in [0.1, 0.15) is 34.6 Å². The van der Waals surface area contributed by atoms with E-state index in [2.05, 4.69) is 15.6 Å². The van der Waals surface area contributed by atoms with Gasteiger partial charge < -0.3 is 20.1 Å². The molecular weight excluding hydrogens is 430 g/mol. The smallest absolute Gasteiger partial charge is 0.341 e. The molecule has 7 nitrogen and oxygen atoms in total. The van der Waals surface area contributed by atoms with Crippen LogP contribution in [0.5, 0.6) is 0 Å². The summed E-state index contributed by atoms with van der Waals surface area (Å²) < 4.78 is 10.4. The number of hydrogen-bond acceptors (Lipinski definition) is 7. The Hall–Kier alpha value is -4.39. The lowest BCUT2D eigenvalue weighted by Gasteiger charge is -2.15. The number of benzene rings is 3. The molecule has 4 aromatic rings. The number of para-hydroxylation sites is 1. The number of aromatic nitrogens is 1. The molecule has 34 heavy (non-hydrogen) atoms. The quantitative estimate of drug-likeness (QED) is 0.311. The van der Waals surface area contributed by atoms with E-state index in [0.29, 0.717) is 22.2 Å². The first-order chi connectivity index (χ1) is 16.6. The highest BCUT2D eigenvalue weighted by atomic mass is 16.5. The summed E-state index contributed by atoms with van der Waals surface area (Å²) in [5.41, 5.74) is 4.47. The predicted molar refractivity (Wildman–Crippen MR) is 133 cm³/mol. The van der Waals surface area contributed by atoms with Gasteiger partial charge in [0.25, 0.3) is 0 Å². The SMILES string of the molecule is CCOC(=O)c1ccc2ncc(C(=O)OCC)c(Nc3ccc(Nc4ccccc4)cc3)c2c1. The van der Waals surface area contributed by atoms with Crippen molar-refractivity contribution in [3.8, 4) is 0 Å². The van der Waals surface area contributed by atoms with Gasteiger partial charge in [0, 0.05) is 28.6 Å². The normalized spacial score (nSPS) is 10.5. The Labute approximate surface area is 197 Å². The largest absolute Gasteiger partial charge is 0.462 e. The van der Waals surface area contributed by atoms with Gasteiger partial charge in [-0.2, -0.15) is 0 Å². The molecule has 4 rings (SSSR count). The van der Waals surface area contributed by atoms with Gasteiger partial charge in [-0.25, -0.2) is 9.59 Å². The summed E-state index contributed by atoms with van der Waals surface area (Å²) in [5.74, 6) is -0.934. The standard InChI is InChI=1S/C27H25N3O4/c1-3-33-26(31)18-10-15-24-22(16-18)25(23(17-28-24)27(32)34-4-2)30-21-13-11-20(12-14-21)29-19-8-6-5-7-9-19/h5-17,29H,3-4H2,1-2H3,(H,28,30). The van der Waals surface area contributed by atoms with Crippen LogP contribution in [0.2, 0.25) is 0 Å². The van der Waals surface area contributed by atoms with E-state index in [1.54, 1.807) is 32.0 Å². The van der Waals surface area contributed by atoms with E-state index in [0.717, 1.165) is 17.1 Å². The van der Waals surface area contributed by atoms with Crippen LogP contribution < -0.4 is 10.6 Å². The van der Waals surface area contributed by atoms with E-state index in [-0.39, 0.29) is 18.8 Å². The van der Waals surface area contributed by atoms with Gasteiger partial charge in [0.15, 0.2) is 0 Å². The van der Waals surface area contributed by atoms with Gasteiger partial charge in [-0.15, -0.1) is 0 Å². The highest BCUT2D eigenvalue weighted by Crippen LogP contribution is 2.31. The van der Waals surface area contributed by atoms with Crippen LogP contribution in [0.25, 0.3) is 10.9 Å². The lowest BCUT2D eigenvalue weighted by molar-refractivity contribution is 0.0518. The molecule has 0 fully saturated rings. The molecule has 0 saturated heterocycles. The molecule has 0 aliphatic carbocycles. The first kappa shape index (κ1) is 22.8. The fourth-order valence-corrected chi connectivity index (χ4v) is 3.50. The second-order valence-corrected chi connectivity index (χ2v) is 7.41. The van der Waals surface area contributed by atoms with Crippen molar-refractivity contribution in [1.82, 2.24) is 4.98 Å². The van der Waals surface area contributed by atoms with E-state index >= 15 is 0 Å². The molecule has 0 atom stereocenters. The fraction of sp³-hybridized carbons (Fsp3) is 0.148. The number of hydrogen-bond donors (Lipinski definition) is 2. The highest BCUT2D eigenvalue weighted by molar-refractivity contribution is 6.07. The third kappa shape index (κ3) is 5.15. The summed E-state index contributed by atoms with van der Waals surface area (Å²) in [5, 5.41) is 7.28. The van der Waals surface area contributed by atoms with Crippen molar-refractivity contribution in [3.63, 3.8) is 0 Å². The highest BCUT2D eigenvalue weighted by Gasteiger charge is 2.19. The third-order valence-corrected chi connectivity index (χ3v) is 5.09. The van der Waals surface area contributed by atoms with E-state index in [1.165, 1.54) is 6.20 Å². The summed E-state index contributed by atoms with van der Waals surface area (Å²) in [4.78, 5) is 29.4. The molecule has 0 saturated carbocycles. The molecule has 0 unspecified atom stereocenters. The zero-order chi connectivity index (χ0) is 23.9. The van der Waals surface area contributed by atoms with Gasteiger partial charge in [0.2, 0.25) is 0 Å². The zero-order valence-corrected chi connectivity index (χ0v) is 19.0. The zero-order valence-electron chi connectivity index (χ0n) is 19.0. The number of fused-ring (bicyclic) bond motifs is 1. The summed E-state index contributed by atoms with van der Waals surface area (Å²) in [7, 11) is 0. The number of anilines is 4. The van der Waals surface area contributed by atoms with E-state index < -0.39 is 11.9 Å². The molecule has 0 radical (unpaired) electrons. The average molecular weight is 456 g/mol. The Kier molecular flexibility index (Phi) is 7.03. The Morgan fingerprint density at radius 2 is 1.38 bits per heavy atom. The van der Waals surface area contributed by atoms with Crippen molar-refractivity contribution < 1.29 is 19.1 Å². The first-order valence-corrected chi connectivity index (χ1v) is 11.0. The summed E-state index contributed by atoms with van der Waals surface area (Å²) in [6.07, 6.45) is 1.48. The maximum atomic E-state index is 12.7. The van der Waals surface area contributed by atoms with Crippen LogP contribution in [0.15, 0.2) is 79.0 Å². The predicted octanol–water partition coefficient (Wildman–Crippen LogP) is 6.08. The van der Waals surface area contributed by atoms with Crippen LogP contribution in [0.3, 0.4) is 0 Å². The second-order valence-electron chi connectivity index (χ2n) is 7.41. The minimum Gasteiger partial charge on any atom is -0.462 e. The average Bonchev–Trinajstić information content (AvgIpc) is 2.86. The number of nitrogens with one attached hydrogen (secondary N) is 2. The number of carbonyl (C=O) groups excluding carboxylic acids is 2. The molecule has 2 N–H and O–H groups in total. The number of carbonyl (C=O) groups is 2. The maximum Gasteiger partial charge on any atom is 0.341 e. The van der Waals surface area contributed by atoms with Crippen molar-refractivity contribution in [1.29, 1.82) is 0 Å². The lowest BCUT2D eigenvalue weighted by atomic mass is 10.1. The van der Waals surface area contributed by atoms with Gasteiger partial charge in [-0.3, -0.25) is 4.98 Å². The van der Waals surface area contributed by atoms with Crippen molar-refractivity contribution in [2.75, 3.05) is 23.8 Å². The number of rotatable bonds is 8. The fourth-order valence-electron chi connectivity index (χ4n) is 3.50. The molecular formula is C27H25N3O4. The van der Waals surface area contributed by atoms with Crippen molar-refractivity contribution >= 4 is 45.6 Å². The van der Waals surface area contributed by atoms with Gasteiger partial charge >= 0.3 is 11.9 Å². The Morgan fingerprint density at radius 1 is 0.765 bits per heavy atom. The van der Waals surface area contributed by atoms with Crippen LogP contribution in [0.4, 0.5) is 22.7 Å². The van der Waals surface area contributed by atoms with Crippen LogP contribution in [-0.2, 0) is 9.47 Å². The molecule has 0 bridgehead atoms. The minimum absolute atomic E-state index is 0.235. The van der Waals surface area contributed by atoms with Gasteiger partial charge in [0.05, 0.1) is 30.0 Å². The summed E-state index contributed by atoms with van der Waals surface area (Å²) in [6, 6.07) is 22.6. The molecule has 3 aromatic carbocycles. The summed E-state index contributed by atoms with van der Waals surface area (Å²) >= 11 is 0. The molecule has 0 amide bonds. The van der Waals surface area contributed by atoms with Crippen LogP contribution >= 0.6 is 0 Å². The van der Waals surface area contributed by atoms with Crippen molar-refractivity contribution in [3.05, 3.63) is 90.1 Å². The molecule has 7 heteroatoms. The summed E-state index contributed by atoms with van der Waals surface area (Å²) in [6.45, 7) is 4.00. The second kappa shape index (κ2) is 10.5. The van der Waals surface area contributed by atoms with Crippen LogP contribution in [0, 0.1) is 0 Å². The number of esters is 2. The van der Waals surface area contributed by atoms with Crippen molar-refractivity contribution in [2.24, 2.45) is 0 Å². The van der Waals surface area contributed by atoms with E-state index in [9.17, 15) is 9.59 Å². The monoisotopic (exact) mass is 455 g/mol. The number of ether oxygens (including phenoxy) is 2. The molecule has 0 aliphatic heterocycles. The Balaban J connectivity index is 1.71. The molecule has 0 aliphatic rings. The Morgan fingerprint density at radius 3 is 2.06 bits per heavy atom. The lowest BCUT2D eigenvalue weighted by Crippen LogP contribution is -2.10. The molecule has 172 valence electrons. The van der Waals surface area contributed by atoms with Gasteiger partial charge in [-0.1, -0.05) is 18.2 Å².